The molecule has 0 aliphatic carbocycles. The quantitative estimate of drug-likeness (QED) is 0.936. The molecule has 1 heterocycles. The number of hydrogen-bond acceptors (Lipinski definition) is 3. The molecule has 21 heavy (non-hydrogen) atoms. The topological polar surface area (TPSA) is 72.6 Å². The Hall–Kier alpha value is -2.82. The van der Waals surface area contributed by atoms with Crippen molar-refractivity contribution in [3.05, 3.63) is 53.6 Å². The van der Waals surface area contributed by atoms with E-state index in [1.165, 1.54) is 0 Å². The number of hydrogen-bond donors (Lipinski definition) is 1. The summed E-state index contributed by atoms with van der Waals surface area (Å²) in [6.45, 7) is 0. The van der Waals surface area contributed by atoms with Crippen LogP contribution in [-0.2, 0) is 11.2 Å². The average Bonchev–Trinajstić information content (AvgIpc) is 2.82. The summed E-state index contributed by atoms with van der Waals surface area (Å²) in [5.41, 5.74) is 7.98. The minimum atomic E-state index is -0.511. The third kappa shape index (κ3) is 2.23. The monoisotopic (exact) mass is 282 g/mol. The zero-order valence-electron chi connectivity index (χ0n) is 11.5. The van der Waals surface area contributed by atoms with E-state index in [0.29, 0.717) is 29.1 Å². The van der Waals surface area contributed by atoms with Gasteiger partial charge in [0, 0.05) is 11.6 Å². The Bertz CT molecular complexity index is 740. The van der Waals surface area contributed by atoms with Gasteiger partial charge in [-0.25, -0.2) is 0 Å². The number of amides is 2. The molecule has 0 radical (unpaired) electrons. The lowest BCUT2D eigenvalue weighted by molar-refractivity contribution is -0.116. The van der Waals surface area contributed by atoms with E-state index in [9.17, 15) is 9.59 Å². The number of nitrogens with two attached hydrogens (primary N) is 1. The molecule has 0 aromatic heterocycles. The van der Waals surface area contributed by atoms with Gasteiger partial charge in [0.15, 0.2) is 0 Å². The second kappa shape index (κ2) is 4.94. The van der Waals surface area contributed by atoms with Crippen LogP contribution in [0.4, 0.5) is 11.4 Å². The lowest BCUT2D eigenvalue weighted by atomic mass is 10.1. The number of benzene rings is 2. The van der Waals surface area contributed by atoms with E-state index in [2.05, 4.69) is 0 Å². The molecule has 5 nitrogen and oxygen atoms in total. The number of carbonyl (C=O) groups is 2. The van der Waals surface area contributed by atoms with E-state index in [1.807, 2.05) is 18.2 Å². The van der Waals surface area contributed by atoms with Crippen molar-refractivity contribution in [3.8, 4) is 5.75 Å². The van der Waals surface area contributed by atoms with Gasteiger partial charge in [-0.3, -0.25) is 14.5 Å². The molecule has 0 saturated carbocycles. The minimum absolute atomic E-state index is 0.0418. The average molecular weight is 282 g/mol. The number of nitrogens with zero attached hydrogens (tertiary/aromatic N) is 1. The first-order valence-electron chi connectivity index (χ1n) is 6.50. The first-order valence-corrected chi connectivity index (χ1v) is 6.50. The number of ether oxygens (including phenoxy) is 1. The van der Waals surface area contributed by atoms with Gasteiger partial charge in [-0.1, -0.05) is 12.1 Å². The van der Waals surface area contributed by atoms with Crippen LogP contribution in [0.15, 0.2) is 42.5 Å². The molecule has 1 aliphatic heterocycles. The third-order valence-corrected chi connectivity index (χ3v) is 3.51. The largest absolute Gasteiger partial charge is 0.497 e. The zero-order valence-corrected chi connectivity index (χ0v) is 11.5. The highest BCUT2D eigenvalue weighted by Crippen LogP contribution is 2.37. The normalized spacial score (nSPS) is 13.2. The fourth-order valence-corrected chi connectivity index (χ4v) is 2.48. The Morgan fingerprint density at radius 2 is 2.05 bits per heavy atom. The second-order valence-corrected chi connectivity index (χ2v) is 4.82. The summed E-state index contributed by atoms with van der Waals surface area (Å²) in [6, 6.07) is 12.3. The number of methoxy groups -OCH3 is 1. The van der Waals surface area contributed by atoms with E-state index in [-0.39, 0.29) is 5.91 Å². The van der Waals surface area contributed by atoms with Gasteiger partial charge < -0.3 is 10.5 Å². The predicted molar refractivity (Wildman–Crippen MR) is 78.8 cm³/mol. The molecule has 5 heteroatoms. The van der Waals surface area contributed by atoms with E-state index < -0.39 is 5.91 Å². The Morgan fingerprint density at radius 1 is 1.24 bits per heavy atom. The number of fused-ring (bicyclic) bond motifs is 1. The van der Waals surface area contributed by atoms with Crippen molar-refractivity contribution in [2.24, 2.45) is 5.73 Å². The van der Waals surface area contributed by atoms with E-state index in [1.54, 1.807) is 36.3 Å². The molecule has 0 fully saturated rings. The summed E-state index contributed by atoms with van der Waals surface area (Å²) >= 11 is 0. The number of primary amides is 1. The molecule has 3 rings (SSSR count). The van der Waals surface area contributed by atoms with Crippen LogP contribution in [0.5, 0.6) is 5.75 Å². The van der Waals surface area contributed by atoms with Crippen LogP contribution in [0, 0.1) is 0 Å². The Kier molecular flexibility index (Phi) is 3.10. The standard InChI is InChI=1S/C16H14N2O3/c1-21-13-4-2-3-12(9-13)18-14-7-11(16(17)20)6-5-10(14)8-15(18)19/h2-7,9H,8H2,1H3,(H2,17,20). The van der Waals surface area contributed by atoms with Crippen LogP contribution in [0.25, 0.3) is 0 Å². The van der Waals surface area contributed by atoms with Crippen molar-refractivity contribution in [2.75, 3.05) is 12.0 Å². The van der Waals surface area contributed by atoms with Crippen molar-refractivity contribution >= 4 is 23.2 Å². The summed E-state index contributed by atoms with van der Waals surface area (Å²) in [7, 11) is 1.57. The highest BCUT2D eigenvalue weighted by atomic mass is 16.5. The van der Waals surface area contributed by atoms with Gasteiger partial charge in [-0.05, 0) is 29.8 Å². The summed E-state index contributed by atoms with van der Waals surface area (Å²) in [6.07, 6.45) is 0.311. The molecule has 0 saturated heterocycles. The SMILES string of the molecule is COc1cccc(N2C(=O)Cc3ccc(C(N)=O)cc32)c1. The Balaban J connectivity index is 2.10. The van der Waals surface area contributed by atoms with Gasteiger partial charge in [0.2, 0.25) is 11.8 Å². The first-order chi connectivity index (χ1) is 10.1. The fraction of sp³-hybridized carbons (Fsp3) is 0.125. The maximum absolute atomic E-state index is 12.3. The van der Waals surface area contributed by atoms with Crippen LogP contribution in [0.2, 0.25) is 0 Å². The fourth-order valence-electron chi connectivity index (χ4n) is 2.48. The smallest absolute Gasteiger partial charge is 0.248 e. The molecule has 0 unspecified atom stereocenters. The van der Waals surface area contributed by atoms with Crippen LogP contribution >= 0.6 is 0 Å². The maximum atomic E-state index is 12.3. The number of carbonyl (C=O) groups excluding carboxylic acids is 2. The van der Waals surface area contributed by atoms with E-state index >= 15 is 0 Å². The molecular formula is C16H14N2O3. The maximum Gasteiger partial charge on any atom is 0.248 e. The Morgan fingerprint density at radius 3 is 2.76 bits per heavy atom. The molecule has 0 spiro atoms. The van der Waals surface area contributed by atoms with E-state index in [4.69, 9.17) is 10.5 Å². The summed E-state index contributed by atoms with van der Waals surface area (Å²) in [5, 5.41) is 0. The van der Waals surface area contributed by atoms with Gasteiger partial charge in [0.05, 0.1) is 24.9 Å². The molecule has 0 atom stereocenters. The first kappa shape index (κ1) is 13.2. The second-order valence-electron chi connectivity index (χ2n) is 4.82. The van der Waals surface area contributed by atoms with Gasteiger partial charge in [-0.2, -0.15) is 0 Å². The lowest BCUT2D eigenvalue weighted by Crippen LogP contribution is -2.21. The molecule has 2 aromatic rings. The van der Waals surface area contributed by atoms with Crippen LogP contribution in [0.3, 0.4) is 0 Å². The van der Waals surface area contributed by atoms with Crippen molar-refractivity contribution in [3.63, 3.8) is 0 Å². The van der Waals surface area contributed by atoms with Gasteiger partial charge in [-0.15, -0.1) is 0 Å². The highest BCUT2D eigenvalue weighted by Gasteiger charge is 2.29. The zero-order chi connectivity index (χ0) is 15.0. The van der Waals surface area contributed by atoms with E-state index in [0.717, 1.165) is 5.56 Å². The van der Waals surface area contributed by atoms with Crippen LogP contribution in [0.1, 0.15) is 15.9 Å². The van der Waals surface area contributed by atoms with Crippen molar-refractivity contribution in [1.29, 1.82) is 0 Å². The lowest BCUT2D eigenvalue weighted by Gasteiger charge is -2.18. The molecule has 2 N–H and O–H groups in total. The van der Waals surface area contributed by atoms with Crippen molar-refractivity contribution < 1.29 is 14.3 Å². The van der Waals surface area contributed by atoms with Crippen molar-refractivity contribution in [2.45, 2.75) is 6.42 Å². The molecule has 2 amide bonds. The Labute approximate surface area is 121 Å². The molecular weight excluding hydrogens is 268 g/mol. The highest BCUT2D eigenvalue weighted by molar-refractivity contribution is 6.08. The van der Waals surface area contributed by atoms with Crippen LogP contribution < -0.4 is 15.4 Å². The van der Waals surface area contributed by atoms with Gasteiger partial charge in [0.1, 0.15) is 5.75 Å². The predicted octanol–water partition coefficient (Wildman–Crippen LogP) is 2.01. The summed E-state index contributed by atoms with van der Waals surface area (Å²) < 4.78 is 5.19. The van der Waals surface area contributed by atoms with Gasteiger partial charge >= 0.3 is 0 Å². The summed E-state index contributed by atoms with van der Waals surface area (Å²) in [4.78, 5) is 25.2. The molecule has 0 bridgehead atoms. The molecule has 1 aliphatic rings. The summed E-state index contributed by atoms with van der Waals surface area (Å²) in [5.74, 6) is 0.113. The van der Waals surface area contributed by atoms with Gasteiger partial charge in [0.25, 0.3) is 0 Å². The third-order valence-electron chi connectivity index (χ3n) is 3.51. The molecule has 2 aromatic carbocycles. The van der Waals surface area contributed by atoms with Crippen molar-refractivity contribution in [1.82, 2.24) is 0 Å². The molecule has 106 valence electrons. The number of anilines is 2. The number of rotatable bonds is 3. The van der Waals surface area contributed by atoms with Crippen LogP contribution in [-0.4, -0.2) is 18.9 Å². The minimum Gasteiger partial charge on any atom is -0.497 e.